The van der Waals surface area contributed by atoms with Crippen LogP contribution in [0.2, 0.25) is 0 Å². The average molecular weight is 203 g/mol. The summed E-state index contributed by atoms with van der Waals surface area (Å²) in [6.45, 7) is 2.12. The van der Waals surface area contributed by atoms with E-state index in [9.17, 15) is 0 Å². The molecule has 0 saturated carbocycles. The number of aryl methyl sites for hydroxylation is 1. The molecule has 0 saturated heterocycles. The van der Waals surface area contributed by atoms with E-state index in [2.05, 4.69) is 21.9 Å². The summed E-state index contributed by atoms with van der Waals surface area (Å²) in [6, 6.07) is 0. The van der Waals surface area contributed by atoms with Crippen LogP contribution in [0.3, 0.4) is 0 Å². The molecule has 0 aliphatic rings. The molecule has 2 aromatic rings. The van der Waals surface area contributed by atoms with E-state index in [1.165, 1.54) is 0 Å². The van der Waals surface area contributed by atoms with Crippen molar-refractivity contribution in [2.24, 2.45) is 0 Å². The number of aromatic nitrogens is 4. The molecule has 0 aromatic carbocycles. The van der Waals surface area contributed by atoms with E-state index in [1.807, 2.05) is 10.8 Å². The fourth-order valence-corrected chi connectivity index (χ4v) is 1.41. The third-order valence-corrected chi connectivity index (χ3v) is 2.10. The normalized spacial score (nSPS) is 10.5. The molecule has 0 aliphatic carbocycles. The minimum absolute atomic E-state index is 0.427. The van der Waals surface area contributed by atoms with Crippen LogP contribution >= 0.6 is 0 Å². The summed E-state index contributed by atoms with van der Waals surface area (Å²) in [5, 5.41) is 0. The molecule has 2 aromatic heterocycles. The maximum Gasteiger partial charge on any atom is 0.156 e. The van der Waals surface area contributed by atoms with Crippen LogP contribution in [0.1, 0.15) is 19.2 Å². The maximum atomic E-state index is 5.48. The first-order chi connectivity index (χ1) is 7.31. The minimum atomic E-state index is 0.427. The summed E-state index contributed by atoms with van der Waals surface area (Å²) < 4.78 is 1.93. The van der Waals surface area contributed by atoms with Gasteiger partial charge in [-0.1, -0.05) is 6.92 Å². The highest BCUT2D eigenvalue weighted by Gasteiger charge is 2.04. The second kappa shape index (κ2) is 4.08. The topological polar surface area (TPSA) is 69.6 Å². The van der Waals surface area contributed by atoms with E-state index in [0.717, 1.165) is 24.5 Å². The molecule has 78 valence electrons. The molecule has 0 unspecified atom stereocenters. The predicted molar refractivity (Wildman–Crippen MR) is 57.6 cm³/mol. The second-order valence-electron chi connectivity index (χ2n) is 3.26. The Morgan fingerprint density at radius 1 is 1.27 bits per heavy atom. The number of nitrogens with zero attached hydrogens (tertiary/aromatic N) is 4. The molecule has 2 N–H and O–H groups in total. The monoisotopic (exact) mass is 203 g/mol. The zero-order valence-electron chi connectivity index (χ0n) is 8.59. The Kier molecular flexibility index (Phi) is 2.62. The molecule has 0 bridgehead atoms. The Morgan fingerprint density at radius 3 is 2.80 bits per heavy atom. The van der Waals surface area contributed by atoms with Crippen LogP contribution in [0.25, 0.3) is 5.82 Å². The van der Waals surface area contributed by atoms with Crippen molar-refractivity contribution in [2.75, 3.05) is 5.73 Å². The van der Waals surface area contributed by atoms with Crippen molar-refractivity contribution >= 4 is 5.82 Å². The lowest BCUT2D eigenvalue weighted by Gasteiger charge is -2.05. The van der Waals surface area contributed by atoms with Crippen LogP contribution in [-0.2, 0) is 6.42 Å². The van der Waals surface area contributed by atoms with Crippen molar-refractivity contribution in [2.45, 2.75) is 19.8 Å². The van der Waals surface area contributed by atoms with Crippen LogP contribution in [0, 0.1) is 0 Å². The molecule has 5 nitrogen and oxygen atoms in total. The first-order valence-corrected chi connectivity index (χ1v) is 4.91. The molecular formula is C10H13N5. The summed E-state index contributed by atoms with van der Waals surface area (Å²) >= 11 is 0. The highest BCUT2D eigenvalue weighted by Crippen LogP contribution is 2.08. The van der Waals surface area contributed by atoms with Crippen LogP contribution in [0.5, 0.6) is 0 Å². The van der Waals surface area contributed by atoms with Gasteiger partial charge in [-0.3, -0.25) is 4.57 Å². The van der Waals surface area contributed by atoms with Crippen molar-refractivity contribution in [1.82, 2.24) is 19.5 Å². The molecule has 0 atom stereocenters. The highest BCUT2D eigenvalue weighted by molar-refractivity contribution is 5.29. The molecule has 0 aliphatic heterocycles. The summed E-state index contributed by atoms with van der Waals surface area (Å²) in [7, 11) is 0. The SMILES string of the molecule is CCCc1nccn1-c1cnc(N)cn1. The summed E-state index contributed by atoms with van der Waals surface area (Å²) in [6.07, 6.45) is 8.83. The molecule has 2 heterocycles. The lowest BCUT2D eigenvalue weighted by molar-refractivity contribution is 0.795. The van der Waals surface area contributed by atoms with Crippen molar-refractivity contribution in [3.05, 3.63) is 30.6 Å². The molecule has 0 radical (unpaired) electrons. The summed E-state index contributed by atoms with van der Waals surface area (Å²) in [5.74, 6) is 2.18. The zero-order valence-corrected chi connectivity index (χ0v) is 8.59. The van der Waals surface area contributed by atoms with Gasteiger partial charge in [-0.15, -0.1) is 0 Å². The minimum Gasteiger partial charge on any atom is -0.382 e. The molecular weight excluding hydrogens is 190 g/mol. The summed E-state index contributed by atoms with van der Waals surface area (Å²) in [4.78, 5) is 12.5. The van der Waals surface area contributed by atoms with Gasteiger partial charge in [0.2, 0.25) is 0 Å². The molecule has 15 heavy (non-hydrogen) atoms. The fourth-order valence-electron chi connectivity index (χ4n) is 1.41. The molecule has 0 spiro atoms. The third kappa shape index (κ3) is 1.96. The van der Waals surface area contributed by atoms with Gasteiger partial charge in [0.1, 0.15) is 11.6 Å². The number of imidazole rings is 1. The van der Waals surface area contributed by atoms with Crippen LogP contribution in [0.4, 0.5) is 5.82 Å². The van der Waals surface area contributed by atoms with E-state index in [-0.39, 0.29) is 0 Å². The standard InChI is InChI=1S/C10H13N5/c1-2-3-9-12-4-5-15(9)10-7-13-8(11)6-14-10/h4-7H,2-3H2,1H3,(H2,11,13). The summed E-state index contributed by atoms with van der Waals surface area (Å²) in [5.41, 5.74) is 5.48. The Bertz CT molecular complexity index is 431. The number of nitrogen functional groups attached to an aromatic ring is 1. The Hall–Kier alpha value is -1.91. The van der Waals surface area contributed by atoms with Gasteiger partial charge in [0.15, 0.2) is 5.82 Å². The Morgan fingerprint density at radius 2 is 2.13 bits per heavy atom. The van der Waals surface area contributed by atoms with Crippen molar-refractivity contribution in [1.29, 1.82) is 0 Å². The van der Waals surface area contributed by atoms with E-state index < -0.39 is 0 Å². The maximum absolute atomic E-state index is 5.48. The number of hydrogen-bond donors (Lipinski definition) is 1. The Balaban J connectivity index is 2.36. The quantitative estimate of drug-likeness (QED) is 0.813. The van der Waals surface area contributed by atoms with E-state index in [1.54, 1.807) is 18.6 Å². The van der Waals surface area contributed by atoms with E-state index >= 15 is 0 Å². The highest BCUT2D eigenvalue weighted by atomic mass is 15.1. The zero-order chi connectivity index (χ0) is 10.7. The van der Waals surface area contributed by atoms with Gasteiger partial charge in [0, 0.05) is 18.8 Å². The lowest BCUT2D eigenvalue weighted by atomic mass is 10.3. The second-order valence-corrected chi connectivity index (χ2v) is 3.26. The first kappa shape index (κ1) is 9.64. The van der Waals surface area contributed by atoms with E-state index in [0.29, 0.717) is 5.82 Å². The predicted octanol–water partition coefficient (Wildman–Crippen LogP) is 1.20. The fraction of sp³-hybridized carbons (Fsp3) is 0.300. The van der Waals surface area contributed by atoms with Gasteiger partial charge >= 0.3 is 0 Å². The molecule has 2 rings (SSSR count). The van der Waals surface area contributed by atoms with Gasteiger partial charge in [0.25, 0.3) is 0 Å². The first-order valence-electron chi connectivity index (χ1n) is 4.91. The molecule has 0 fully saturated rings. The van der Waals surface area contributed by atoms with Gasteiger partial charge in [-0.05, 0) is 6.42 Å². The lowest BCUT2D eigenvalue weighted by Crippen LogP contribution is -2.03. The average Bonchev–Trinajstić information content (AvgIpc) is 2.68. The largest absolute Gasteiger partial charge is 0.382 e. The number of hydrogen-bond acceptors (Lipinski definition) is 4. The third-order valence-electron chi connectivity index (χ3n) is 2.10. The van der Waals surface area contributed by atoms with Crippen LogP contribution in [-0.4, -0.2) is 19.5 Å². The van der Waals surface area contributed by atoms with Crippen LogP contribution in [0.15, 0.2) is 24.8 Å². The number of nitrogens with two attached hydrogens (primary N) is 1. The number of rotatable bonds is 3. The van der Waals surface area contributed by atoms with Gasteiger partial charge < -0.3 is 5.73 Å². The number of anilines is 1. The Labute approximate surface area is 88.0 Å². The van der Waals surface area contributed by atoms with Gasteiger partial charge in [0.05, 0.1) is 12.4 Å². The van der Waals surface area contributed by atoms with Gasteiger partial charge in [-0.25, -0.2) is 15.0 Å². The van der Waals surface area contributed by atoms with Crippen molar-refractivity contribution in [3.8, 4) is 5.82 Å². The van der Waals surface area contributed by atoms with Crippen molar-refractivity contribution in [3.63, 3.8) is 0 Å². The van der Waals surface area contributed by atoms with Crippen LogP contribution < -0.4 is 5.73 Å². The molecule has 5 heteroatoms. The van der Waals surface area contributed by atoms with Crippen molar-refractivity contribution < 1.29 is 0 Å². The smallest absolute Gasteiger partial charge is 0.156 e. The van der Waals surface area contributed by atoms with Gasteiger partial charge in [-0.2, -0.15) is 0 Å². The molecule has 0 amide bonds. The van der Waals surface area contributed by atoms with E-state index in [4.69, 9.17) is 5.73 Å².